The van der Waals surface area contributed by atoms with Crippen LogP contribution in [0.25, 0.3) is 0 Å². The highest BCUT2D eigenvalue weighted by Crippen LogP contribution is 2.22. The maximum Gasteiger partial charge on any atom is 0.191 e. The standard InChI is InChI=1S/C17H29N3O.HI/c1-5-18-16(19-11-12-21-4)20-14-17(2,3)13-15-9-7-6-8-10-15;/h6-10H,5,11-14H2,1-4H3,(H2,18,19,20);1H. The maximum absolute atomic E-state index is 5.05. The first-order chi connectivity index (χ1) is 10.1. The van der Waals surface area contributed by atoms with Crippen LogP contribution in [0.15, 0.2) is 35.3 Å². The fraction of sp³-hybridized carbons (Fsp3) is 0.588. The Balaban J connectivity index is 0.00000441. The van der Waals surface area contributed by atoms with Gasteiger partial charge in [-0.3, -0.25) is 4.99 Å². The maximum atomic E-state index is 5.05. The molecule has 5 heteroatoms. The van der Waals surface area contributed by atoms with Crippen LogP contribution in [-0.2, 0) is 11.2 Å². The predicted octanol–water partition coefficient (Wildman–Crippen LogP) is 3.07. The third-order valence-corrected chi connectivity index (χ3v) is 3.13. The molecule has 126 valence electrons. The van der Waals surface area contributed by atoms with Gasteiger partial charge in [0, 0.05) is 26.7 Å². The summed E-state index contributed by atoms with van der Waals surface area (Å²) < 4.78 is 5.05. The topological polar surface area (TPSA) is 45.7 Å². The molecule has 0 heterocycles. The van der Waals surface area contributed by atoms with E-state index in [2.05, 4.69) is 61.7 Å². The fourth-order valence-corrected chi connectivity index (χ4v) is 2.11. The van der Waals surface area contributed by atoms with Crippen molar-refractivity contribution in [1.82, 2.24) is 10.6 Å². The van der Waals surface area contributed by atoms with Gasteiger partial charge in [-0.25, -0.2) is 0 Å². The van der Waals surface area contributed by atoms with E-state index in [4.69, 9.17) is 9.73 Å². The highest BCUT2D eigenvalue weighted by atomic mass is 127. The van der Waals surface area contributed by atoms with Crippen LogP contribution < -0.4 is 10.6 Å². The zero-order valence-electron chi connectivity index (χ0n) is 14.2. The molecule has 0 unspecified atom stereocenters. The molecule has 1 aromatic rings. The second-order valence-electron chi connectivity index (χ2n) is 5.94. The fourth-order valence-electron chi connectivity index (χ4n) is 2.11. The molecular weight excluding hydrogens is 389 g/mol. The normalized spacial score (nSPS) is 11.7. The molecule has 0 spiro atoms. The minimum Gasteiger partial charge on any atom is -0.383 e. The molecule has 1 aromatic carbocycles. The first-order valence-electron chi connectivity index (χ1n) is 7.62. The molecule has 0 radical (unpaired) electrons. The van der Waals surface area contributed by atoms with Crippen molar-refractivity contribution >= 4 is 29.9 Å². The molecule has 0 fully saturated rings. The van der Waals surface area contributed by atoms with Crippen molar-refractivity contribution in [2.45, 2.75) is 27.2 Å². The van der Waals surface area contributed by atoms with Crippen LogP contribution in [0.3, 0.4) is 0 Å². The number of halogens is 1. The van der Waals surface area contributed by atoms with Crippen LogP contribution >= 0.6 is 24.0 Å². The van der Waals surface area contributed by atoms with Gasteiger partial charge in [0.25, 0.3) is 0 Å². The van der Waals surface area contributed by atoms with Gasteiger partial charge in [-0.15, -0.1) is 24.0 Å². The molecule has 1 rings (SSSR count). The lowest BCUT2D eigenvalue weighted by Crippen LogP contribution is -2.39. The van der Waals surface area contributed by atoms with Crippen molar-refractivity contribution < 1.29 is 4.74 Å². The highest BCUT2D eigenvalue weighted by molar-refractivity contribution is 14.0. The summed E-state index contributed by atoms with van der Waals surface area (Å²) in [7, 11) is 1.70. The van der Waals surface area contributed by atoms with Crippen LogP contribution in [0.1, 0.15) is 26.3 Å². The van der Waals surface area contributed by atoms with E-state index in [0.29, 0.717) is 6.61 Å². The molecule has 0 aromatic heterocycles. The monoisotopic (exact) mass is 419 g/mol. The van der Waals surface area contributed by atoms with Gasteiger partial charge in [0.1, 0.15) is 0 Å². The first-order valence-corrected chi connectivity index (χ1v) is 7.62. The number of hydrogen-bond donors (Lipinski definition) is 2. The second-order valence-corrected chi connectivity index (χ2v) is 5.94. The van der Waals surface area contributed by atoms with Crippen LogP contribution in [-0.4, -0.2) is 39.3 Å². The summed E-state index contributed by atoms with van der Waals surface area (Å²) in [5.74, 6) is 0.857. The van der Waals surface area contributed by atoms with E-state index in [0.717, 1.165) is 32.0 Å². The Morgan fingerprint density at radius 3 is 2.45 bits per heavy atom. The van der Waals surface area contributed by atoms with E-state index < -0.39 is 0 Å². The average molecular weight is 419 g/mol. The molecule has 0 aliphatic carbocycles. The van der Waals surface area contributed by atoms with Gasteiger partial charge < -0.3 is 15.4 Å². The second kappa shape index (κ2) is 11.7. The molecule has 4 nitrogen and oxygen atoms in total. The van der Waals surface area contributed by atoms with Crippen LogP contribution in [0.4, 0.5) is 0 Å². The van der Waals surface area contributed by atoms with Gasteiger partial charge in [0.2, 0.25) is 0 Å². The number of benzene rings is 1. The summed E-state index contributed by atoms with van der Waals surface area (Å²) >= 11 is 0. The van der Waals surface area contributed by atoms with Gasteiger partial charge in [0.15, 0.2) is 5.96 Å². The molecule has 0 aliphatic rings. The van der Waals surface area contributed by atoms with Crippen LogP contribution in [0.5, 0.6) is 0 Å². The van der Waals surface area contributed by atoms with E-state index in [1.807, 2.05) is 0 Å². The summed E-state index contributed by atoms with van der Waals surface area (Å²) in [6, 6.07) is 10.6. The molecular formula is C17H30IN3O. The summed E-state index contributed by atoms with van der Waals surface area (Å²) in [5.41, 5.74) is 1.49. The Bertz CT molecular complexity index is 421. The molecule has 22 heavy (non-hydrogen) atoms. The quantitative estimate of drug-likeness (QED) is 0.295. The molecule has 0 atom stereocenters. The number of nitrogens with one attached hydrogen (secondary N) is 2. The third-order valence-electron chi connectivity index (χ3n) is 3.13. The Morgan fingerprint density at radius 2 is 1.86 bits per heavy atom. The summed E-state index contributed by atoms with van der Waals surface area (Å²) in [6.45, 7) is 9.66. The van der Waals surface area contributed by atoms with E-state index in [1.54, 1.807) is 7.11 Å². The zero-order valence-corrected chi connectivity index (χ0v) is 16.5. The van der Waals surface area contributed by atoms with Gasteiger partial charge in [-0.2, -0.15) is 0 Å². The van der Waals surface area contributed by atoms with Gasteiger partial charge in [-0.05, 0) is 24.3 Å². The van der Waals surface area contributed by atoms with E-state index >= 15 is 0 Å². The van der Waals surface area contributed by atoms with Gasteiger partial charge >= 0.3 is 0 Å². The lowest BCUT2D eigenvalue weighted by Gasteiger charge is -2.23. The van der Waals surface area contributed by atoms with E-state index in [-0.39, 0.29) is 29.4 Å². The number of ether oxygens (including phenoxy) is 1. The third kappa shape index (κ3) is 9.25. The van der Waals surface area contributed by atoms with E-state index in [1.165, 1.54) is 5.56 Å². The largest absolute Gasteiger partial charge is 0.383 e. The Kier molecular flexibility index (Phi) is 11.3. The molecule has 0 bridgehead atoms. The molecule has 0 aliphatic heterocycles. The lowest BCUT2D eigenvalue weighted by atomic mass is 9.86. The first kappa shape index (κ1) is 21.2. The van der Waals surface area contributed by atoms with Crippen LogP contribution in [0, 0.1) is 5.41 Å². The number of guanidine groups is 1. The van der Waals surface area contributed by atoms with Crippen molar-refractivity contribution in [2.75, 3.05) is 33.4 Å². The minimum absolute atomic E-state index is 0. The van der Waals surface area contributed by atoms with Crippen molar-refractivity contribution in [2.24, 2.45) is 10.4 Å². The number of aliphatic imine (C=N–C) groups is 1. The summed E-state index contributed by atoms with van der Waals surface area (Å²) in [5, 5.41) is 6.53. The van der Waals surface area contributed by atoms with E-state index in [9.17, 15) is 0 Å². The Hall–Kier alpha value is -0.820. The Labute approximate surface area is 152 Å². The van der Waals surface area contributed by atoms with Gasteiger partial charge in [-0.1, -0.05) is 44.2 Å². The highest BCUT2D eigenvalue weighted by Gasteiger charge is 2.18. The molecule has 0 saturated carbocycles. The predicted molar refractivity (Wildman–Crippen MR) is 105 cm³/mol. The molecule has 0 amide bonds. The minimum atomic E-state index is 0. The molecule has 2 N–H and O–H groups in total. The van der Waals surface area contributed by atoms with Crippen molar-refractivity contribution in [3.8, 4) is 0 Å². The lowest BCUT2D eigenvalue weighted by molar-refractivity contribution is 0.203. The van der Waals surface area contributed by atoms with Crippen molar-refractivity contribution in [3.05, 3.63) is 35.9 Å². The van der Waals surface area contributed by atoms with Gasteiger partial charge in [0.05, 0.1) is 6.61 Å². The summed E-state index contributed by atoms with van der Waals surface area (Å²) in [4.78, 5) is 4.69. The number of methoxy groups -OCH3 is 1. The average Bonchev–Trinajstić information content (AvgIpc) is 2.46. The smallest absolute Gasteiger partial charge is 0.191 e. The van der Waals surface area contributed by atoms with Crippen LogP contribution in [0.2, 0.25) is 0 Å². The van der Waals surface area contributed by atoms with Crippen molar-refractivity contribution in [3.63, 3.8) is 0 Å². The van der Waals surface area contributed by atoms with Crippen molar-refractivity contribution in [1.29, 1.82) is 0 Å². The Morgan fingerprint density at radius 1 is 1.18 bits per heavy atom. The number of hydrogen-bond acceptors (Lipinski definition) is 2. The summed E-state index contributed by atoms with van der Waals surface area (Å²) in [6.07, 6.45) is 1.02. The number of nitrogens with zero attached hydrogens (tertiary/aromatic N) is 1. The SMILES string of the molecule is CCNC(=NCC(C)(C)Cc1ccccc1)NCCOC.I. The molecule has 0 saturated heterocycles. The number of rotatable bonds is 8. The zero-order chi connectivity index (χ0) is 15.6.